The Labute approximate surface area is 135 Å². The molecule has 2 rings (SSSR count). The average molecular weight is 377 g/mol. The molecule has 3 nitrogen and oxygen atoms in total. The van der Waals surface area contributed by atoms with Crippen molar-refractivity contribution in [1.82, 2.24) is 0 Å². The second-order valence-electron chi connectivity index (χ2n) is 5.09. The van der Waals surface area contributed by atoms with E-state index < -0.39 is 47.4 Å². The molecule has 11 heteroatoms. The summed E-state index contributed by atoms with van der Waals surface area (Å²) >= 11 is 0.369. The maximum Gasteiger partial charge on any atom is 0.458 e. The quantitative estimate of drug-likeness (QED) is 0.635. The number of hydrogen-bond donors (Lipinski definition) is 1. The fourth-order valence-electron chi connectivity index (χ4n) is 1.91. The normalized spacial score (nSPS) is 21.6. The van der Waals surface area contributed by atoms with E-state index in [9.17, 15) is 35.8 Å². The number of hydrogen-bond acceptors (Lipinski definition) is 4. The summed E-state index contributed by atoms with van der Waals surface area (Å²) < 4.78 is 88.8. The van der Waals surface area contributed by atoms with Crippen LogP contribution in [0.15, 0.2) is 22.2 Å². The van der Waals surface area contributed by atoms with Crippen molar-refractivity contribution in [2.45, 2.75) is 36.4 Å². The molecule has 1 N–H and O–H groups in total. The third-order valence-electron chi connectivity index (χ3n) is 3.12. The van der Waals surface area contributed by atoms with Crippen LogP contribution in [0.25, 0.3) is 0 Å². The van der Waals surface area contributed by atoms with E-state index in [1.807, 2.05) is 0 Å². The highest BCUT2D eigenvalue weighted by molar-refractivity contribution is 7.99. The van der Waals surface area contributed by atoms with Crippen molar-refractivity contribution < 1.29 is 40.7 Å². The van der Waals surface area contributed by atoms with Gasteiger partial charge in [0.1, 0.15) is 5.82 Å². The van der Waals surface area contributed by atoms with Gasteiger partial charge in [0.25, 0.3) is 0 Å². The maximum atomic E-state index is 14.0. The summed E-state index contributed by atoms with van der Waals surface area (Å²) in [4.78, 5) is 4.01. The minimum absolute atomic E-state index is 0.0360. The van der Waals surface area contributed by atoms with Gasteiger partial charge < -0.3 is 9.94 Å². The molecule has 0 bridgehead atoms. The maximum absolute atomic E-state index is 14.0. The van der Waals surface area contributed by atoms with E-state index in [0.717, 1.165) is 12.1 Å². The molecule has 1 aromatic rings. The number of aliphatic hydroxyl groups is 1. The van der Waals surface area contributed by atoms with Crippen LogP contribution in [0.2, 0.25) is 0 Å². The highest BCUT2D eigenvalue weighted by atomic mass is 32.2. The SMILES string of the molecule is Cc1cc(F)c(C2=NOC(O)(C(F)(F)F)C2)cc1SCC(F)(F)F. The largest absolute Gasteiger partial charge is 0.458 e. The standard InChI is InChI=1S/C13H10F7NO2S/c1-6-2-8(14)7(3-10(6)24-5-12(15,16)17)9-4-11(22,23-21-9)13(18,19)20/h2-3,22H,4-5H2,1H3. The molecule has 0 spiro atoms. The van der Waals surface area contributed by atoms with Gasteiger partial charge in [-0.05, 0) is 24.6 Å². The number of rotatable bonds is 3. The first-order chi connectivity index (χ1) is 10.8. The lowest BCUT2D eigenvalue weighted by Gasteiger charge is -2.22. The third kappa shape index (κ3) is 3.94. The Hall–Kier alpha value is -1.49. The average Bonchev–Trinajstić information content (AvgIpc) is 2.80. The Morgan fingerprint density at radius 3 is 2.38 bits per heavy atom. The van der Waals surface area contributed by atoms with Crippen molar-refractivity contribution >= 4 is 17.5 Å². The van der Waals surface area contributed by atoms with Crippen molar-refractivity contribution in [3.8, 4) is 0 Å². The molecule has 1 heterocycles. The second-order valence-corrected chi connectivity index (χ2v) is 6.11. The lowest BCUT2D eigenvalue weighted by Crippen LogP contribution is -2.45. The van der Waals surface area contributed by atoms with E-state index in [1.54, 1.807) is 0 Å². The monoisotopic (exact) mass is 377 g/mol. The Morgan fingerprint density at radius 1 is 1.25 bits per heavy atom. The lowest BCUT2D eigenvalue weighted by atomic mass is 10.0. The van der Waals surface area contributed by atoms with Crippen LogP contribution in [-0.2, 0) is 4.84 Å². The zero-order valence-electron chi connectivity index (χ0n) is 11.9. The Bertz CT molecular complexity index is 672. The Kier molecular flexibility index (Phi) is 4.79. The van der Waals surface area contributed by atoms with E-state index >= 15 is 0 Å². The van der Waals surface area contributed by atoms with Crippen LogP contribution >= 0.6 is 11.8 Å². The van der Waals surface area contributed by atoms with Crippen LogP contribution in [-0.4, -0.2) is 34.7 Å². The van der Waals surface area contributed by atoms with Gasteiger partial charge in [0, 0.05) is 10.5 Å². The molecule has 0 aromatic heterocycles. The summed E-state index contributed by atoms with van der Waals surface area (Å²) in [6, 6.07) is 1.85. The molecule has 1 unspecified atom stereocenters. The predicted octanol–water partition coefficient (Wildman–Crippen LogP) is 4.16. The summed E-state index contributed by atoms with van der Waals surface area (Å²) in [6.07, 6.45) is -10.8. The second kappa shape index (κ2) is 6.10. The summed E-state index contributed by atoms with van der Waals surface area (Å²) in [7, 11) is 0. The van der Waals surface area contributed by atoms with Crippen molar-refractivity contribution in [3.05, 3.63) is 29.1 Å². The molecule has 1 aromatic carbocycles. The molecule has 134 valence electrons. The van der Waals surface area contributed by atoms with Crippen molar-refractivity contribution in [1.29, 1.82) is 0 Å². The number of thioether (sulfide) groups is 1. The molecule has 1 aliphatic rings. The molecule has 1 atom stereocenters. The van der Waals surface area contributed by atoms with E-state index in [2.05, 4.69) is 9.99 Å². The van der Waals surface area contributed by atoms with Crippen LogP contribution in [0, 0.1) is 12.7 Å². The molecule has 0 fully saturated rings. The topological polar surface area (TPSA) is 41.8 Å². The van der Waals surface area contributed by atoms with Gasteiger partial charge in [-0.3, -0.25) is 0 Å². The number of halogens is 7. The van der Waals surface area contributed by atoms with E-state index in [1.165, 1.54) is 6.92 Å². The minimum atomic E-state index is -5.16. The fourth-order valence-corrected chi connectivity index (χ4v) is 2.71. The number of alkyl halides is 6. The van der Waals surface area contributed by atoms with Gasteiger partial charge in [-0.1, -0.05) is 5.16 Å². The van der Waals surface area contributed by atoms with Gasteiger partial charge in [0.05, 0.1) is 17.9 Å². The Morgan fingerprint density at radius 2 is 1.88 bits per heavy atom. The summed E-state index contributed by atoms with van der Waals surface area (Å²) in [5.74, 6) is -5.80. The molecule has 24 heavy (non-hydrogen) atoms. The third-order valence-corrected chi connectivity index (χ3v) is 4.35. The molecule has 0 aliphatic carbocycles. The van der Waals surface area contributed by atoms with Crippen LogP contribution in [0.3, 0.4) is 0 Å². The van der Waals surface area contributed by atoms with E-state index in [4.69, 9.17) is 0 Å². The first kappa shape index (κ1) is 18.8. The fraction of sp³-hybridized carbons (Fsp3) is 0.462. The lowest BCUT2D eigenvalue weighted by molar-refractivity contribution is -0.355. The summed E-state index contributed by atoms with van der Waals surface area (Å²) in [5, 5.41) is 12.4. The molecule has 0 saturated heterocycles. The Balaban J connectivity index is 2.29. The van der Waals surface area contributed by atoms with Gasteiger partial charge in [-0.2, -0.15) is 26.3 Å². The summed E-state index contributed by atoms with van der Waals surface area (Å²) in [6.45, 7) is 1.37. The zero-order valence-corrected chi connectivity index (χ0v) is 12.7. The van der Waals surface area contributed by atoms with Gasteiger partial charge in [0.15, 0.2) is 0 Å². The summed E-state index contributed by atoms with van der Waals surface area (Å²) in [5.41, 5.74) is -0.803. The molecule has 0 saturated carbocycles. The number of benzene rings is 1. The molecule has 1 aliphatic heterocycles. The molecular weight excluding hydrogens is 367 g/mol. The molecule has 0 radical (unpaired) electrons. The number of oxime groups is 1. The first-order valence-corrected chi connectivity index (χ1v) is 7.35. The van der Waals surface area contributed by atoms with Crippen LogP contribution in [0.4, 0.5) is 30.7 Å². The van der Waals surface area contributed by atoms with Crippen LogP contribution in [0.1, 0.15) is 17.5 Å². The predicted molar refractivity (Wildman–Crippen MR) is 71.2 cm³/mol. The molecule has 0 amide bonds. The smallest absolute Gasteiger partial charge is 0.350 e. The van der Waals surface area contributed by atoms with Crippen molar-refractivity contribution in [3.63, 3.8) is 0 Å². The van der Waals surface area contributed by atoms with Gasteiger partial charge in [0.2, 0.25) is 0 Å². The highest BCUT2D eigenvalue weighted by Crippen LogP contribution is 2.40. The van der Waals surface area contributed by atoms with Crippen LogP contribution < -0.4 is 0 Å². The van der Waals surface area contributed by atoms with Gasteiger partial charge in [-0.25, -0.2) is 4.39 Å². The van der Waals surface area contributed by atoms with Crippen molar-refractivity contribution in [2.75, 3.05) is 5.75 Å². The van der Waals surface area contributed by atoms with Gasteiger partial charge >= 0.3 is 18.1 Å². The minimum Gasteiger partial charge on any atom is -0.350 e. The van der Waals surface area contributed by atoms with E-state index in [0.29, 0.717) is 11.8 Å². The van der Waals surface area contributed by atoms with E-state index in [-0.39, 0.29) is 10.5 Å². The highest BCUT2D eigenvalue weighted by Gasteiger charge is 2.60. The van der Waals surface area contributed by atoms with Crippen LogP contribution in [0.5, 0.6) is 0 Å². The number of aryl methyl sites for hydroxylation is 1. The van der Waals surface area contributed by atoms with Gasteiger partial charge in [-0.15, -0.1) is 11.8 Å². The first-order valence-electron chi connectivity index (χ1n) is 6.36. The zero-order chi connectivity index (χ0) is 18.3. The number of nitrogens with zero attached hydrogens (tertiary/aromatic N) is 1. The van der Waals surface area contributed by atoms with Crippen molar-refractivity contribution in [2.24, 2.45) is 5.16 Å². The molecular formula is C13H10F7NO2S.